The number of para-hydroxylation sites is 1. The van der Waals surface area contributed by atoms with Gasteiger partial charge in [-0.1, -0.05) is 26.0 Å². The van der Waals surface area contributed by atoms with E-state index in [9.17, 15) is 14.7 Å². The highest BCUT2D eigenvalue weighted by molar-refractivity contribution is 5.98. The maximum absolute atomic E-state index is 12.2. The Kier molecular flexibility index (Phi) is 4.71. The van der Waals surface area contributed by atoms with E-state index in [0.29, 0.717) is 6.54 Å². The van der Waals surface area contributed by atoms with Crippen LogP contribution in [0.5, 0.6) is 5.75 Å². The predicted molar refractivity (Wildman–Crippen MR) is 68.0 cm³/mol. The zero-order chi connectivity index (χ0) is 13.7. The summed E-state index contributed by atoms with van der Waals surface area (Å²) in [7, 11) is 0. The van der Waals surface area contributed by atoms with Gasteiger partial charge in [0.15, 0.2) is 0 Å². The van der Waals surface area contributed by atoms with E-state index in [1.54, 1.807) is 12.1 Å². The maximum atomic E-state index is 12.2. The van der Waals surface area contributed by atoms with Crippen molar-refractivity contribution >= 4 is 11.8 Å². The fourth-order valence-electron chi connectivity index (χ4n) is 1.67. The second kappa shape index (κ2) is 6.05. The average molecular weight is 250 g/mol. The van der Waals surface area contributed by atoms with Crippen LogP contribution in [-0.2, 0) is 4.79 Å². The lowest BCUT2D eigenvalue weighted by atomic mass is 10.1. The summed E-state index contributed by atoms with van der Waals surface area (Å²) in [6.07, 6.45) is 0. The minimum Gasteiger partial charge on any atom is -0.507 e. The maximum Gasteiger partial charge on any atom is 0.258 e. The Morgan fingerprint density at radius 1 is 1.33 bits per heavy atom. The lowest BCUT2D eigenvalue weighted by Crippen LogP contribution is -2.40. The van der Waals surface area contributed by atoms with Crippen LogP contribution in [0.2, 0.25) is 0 Å². The minimum absolute atomic E-state index is 0.0965. The van der Waals surface area contributed by atoms with Crippen LogP contribution >= 0.6 is 0 Å². The normalized spacial score (nSPS) is 10.4. The molecular weight excluding hydrogens is 232 g/mol. The van der Waals surface area contributed by atoms with Crippen molar-refractivity contribution in [1.82, 2.24) is 4.90 Å². The molecule has 0 aliphatic carbocycles. The molecule has 0 unspecified atom stereocenters. The van der Waals surface area contributed by atoms with E-state index in [-0.39, 0.29) is 29.7 Å². The molecule has 0 aromatic heterocycles. The Bertz CT molecular complexity index is 444. The highest BCUT2D eigenvalue weighted by Crippen LogP contribution is 2.18. The largest absolute Gasteiger partial charge is 0.507 e. The van der Waals surface area contributed by atoms with Crippen molar-refractivity contribution < 1.29 is 14.7 Å². The van der Waals surface area contributed by atoms with Crippen molar-refractivity contribution in [1.29, 1.82) is 0 Å². The molecule has 1 aromatic rings. The van der Waals surface area contributed by atoms with Gasteiger partial charge in [-0.2, -0.15) is 0 Å². The molecule has 0 saturated heterocycles. The quantitative estimate of drug-likeness (QED) is 0.817. The summed E-state index contributed by atoms with van der Waals surface area (Å²) >= 11 is 0. The Morgan fingerprint density at radius 3 is 2.44 bits per heavy atom. The van der Waals surface area contributed by atoms with Gasteiger partial charge in [0, 0.05) is 6.54 Å². The van der Waals surface area contributed by atoms with Crippen LogP contribution in [0.3, 0.4) is 0 Å². The predicted octanol–water partition coefficient (Wildman–Crippen LogP) is 0.976. The summed E-state index contributed by atoms with van der Waals surface area (Å²) in [4.78, 5) is 24.5. The van der Waals surface area contributed by atoms with E-state index in [0.717, 1.165) is 0 Å². The van der Waals surface area contributed by atoms with Crippen LogP contribution in [0, 0.1) is 5.92 Å². The minimum atomic E-state index is -0.570. The number of aromatic hydroxyl groups is 1. The van der Waals surface area contributed by atoms with Crippen molar-refractivity contribution in [2.45, 2.75) is 13.8 Å². The number of phenolic OH excluding ortho intramolecular Hbond substituents is 1. The first-order valence-electron chi connectivity index (χ1n) is 5.77. The molecular formula is C13H18N2O3. The molecule has 0 aliphatic rings. The molecule has 0 saturated carbocycles. The van der Waals surface area contributed by atoms with E-state index in [2.05, 4.69) is 0 Å². The summed E-state index contributed by atoms with van der Waals surface area (Å²) in [5.74, 6) is -0.847. The van der Waals surface area contributed by atoms with Gasteiger partial charge in [0.05, 0.1) is 12.1 Å². The first-order chi connectivity index (χ1) is 8.41. The number of carbonyl (C=O) groups is 2. The molecule has 0 radical (unpaired) electrons. The number of hydrogen-bond donors (Lipinski definition) is 2. The lowest BCUT2D eigenvalue weighted by molar-refractivity contribution is -0.118. The highest BCUT2D eigenvalue weighted by Gasteiger charge is 2.20. The third-order valence-electron chi connectivity index (χ3n) is 2.35. The average Bonchev–Trinajstić information content (AvgIpc) is 2.26. The molecule has 98 valence electrons. The Morgan fingerprint density at radius 2 is 1.94 bits per heavy atom. The summed E-state index contributed by atoms with van der Waals surface area (Å²) in [6.45, 7) is 4.14. The molecule has 5 heteroatoms. The third-order valence-corrected chi connectivity index (χ3v) is 2.35. The second-order valence-corrected chi connectivity index (χ2v) is 4.56. The van der Waals surface area contributed by atoms with Gasteiger partial charge in [-0.15, -0.1) is 0 Å². The van der Waals surface area contributed by atoms with Gasteiger partial charge in [-0.3, -0.25) is 9.59 Å². The number of phenols is 1. The monoisotopic (exact) mass is 250 g/mol. The van der Waals surface area contributed by atoms with Crippen LogP contribution in [0.1, 0.15) is 24.2 Å². The lowest BCUT2D eigenvalue weighted by Gasteiger charge is -2.23. The molecule has 0 fully saturated rings. The Labute approximate surface area is 106 Å². The van der Waals surface area contributed by atoms with Crippen LogP contribution in [0.4, 0.5) is 0 Å². The fraction of sp³-hybridized carbons (Fsp3) is 0.385. The molecule has 0 spiro atoms. The SMILES string of the molecule is CC(C)CN(CC(N)=O)C(=O)c1ccccc1O. The van der Waals surface area contributed by atoms with Crippen molar-refractivity contribution in [3.8, 4) is 5.75 Å². The van der Waals surface area contributed by atoms with E-state index in [1.165, 1.54) is 17.0 Å². The number of nitrogens with two attached hydrogens (primary N) is 1. The van der Waals surface area contributed by atoms with E-state index in [1.807, 2.05) is 13.8 Å². The molecule has 0 atom stereocenters. The second-order valence-electron chi connectivity index (χ2n) is 4.56. The number of carbonyl (C=O) groups excluding carboxylic acids is 2. The molecule has 1 rings (SSSR count). The summed E-state index contributed by atoms with van der Waals surface area (Å²) in [6, 6.07) is 6.24. The Hall–Kier alpha value is -2.04. The first kappa shape index (κ1) is 14.0. The van der Waals surface area contributed by atoms with Gasteiger partial charge in [0.1, 0.15) is 5.75 Å². The first-order valence-corrected chi connectivity index (χ1v) is 5.77. The smallest absolute Gasteiger partial charge is 0.258 e. The summed E-state index contributed by atoms with van der Waals surface area (Å²) in [5.41, 5.74) is 5.31. The summed E-state index contributed by atoms with van der Waals surface area (Å²) < 4.78 is 0. The topological polar surface area (TPSA) is 83.6 Å². The molecule has 1 aromatic carbocycles. The van der Waals surface area contributed by atoms with Gasteiger partial charge in [-0.25, -0.2) is 0 Å². The molecule has 5 nitrogen and oxygen atoms in total. The van der Waals surface area contributed by atoms with Gasteiger partial charge >= 0.3 is 0 Å². The zero-order valence-corrected chi connectivity index (χ0v) is 10.6. The van der Waals surface area contributed by atoms with Crippen molar-refractivity contribution in [2.75, 3.05) is 13.1 Å². The number of hydrogen-bond acceptors (Lipinski definition) is 3. The van der Waals surface area contributed by atoms with Crippen molar-refractivity contribution in [3.05, 3.63) is 29.8 Å². The molecule has 0 bridgehead atoms. The van der Waals surface area contributed by atoms with E-state index in [4.69, 9.17) is 5.73 Å². The molecule has 0 aliphatic heterocycles. The van der Waals surface area contributed by atoms with Crippen molar-refractivity contribution in [3.63, 3.8) is 0 Å². The van der Waals surface area contributed by atoms with Crippen LogP contribution in [0.25, 0.3) is 0 Å². The number of rotatable bonds is 5. The number of amides is 2. The summed E-state index contributed by atoms with van der Waals surface area (Å²) in [5, 5.41) is 9.63. The number of primary amides is 1. The van der Waals surface area contributed by atoms with Gasteiger partial charge in [-0.05, 0) is 18.1 Å². The van der Waals surface area contributed by atoms with Gasteiger partial charge in [0.25, 0.3) is 5.91 Å². The van der Waals surface area contributed by atoms with E-state index >= 15 is 0 Å². The van der Waals surface area contributed by atoms with Crippen LogP contribution in [0.15, 0.2) is 24.3 Å². The van der Waals surface area contributed by atoms with Crippen LogP contribution in [-0.4, -0.2) is 34.9 Å². The third kappa shape index (κ3) is 3.76. The Balaban J connectivity index is 2.95. The highest BCUT2D eigenvalue weighted by atomic mass is 16.3. The molecule has 3 N–H and O–H groups in total. The standard InChI is InChI=1S/C13H18N2O3/c1-9(2)7-15(8-12(14)17)13(18)10-5-3-4-6-11(10)16/h3-6,9,16H,7-8H2,1-2H3,(H2,14,17). The van der Waals surface area contributed by atoms with E-state index < -0.39 is 5.91 Å². The zero-order valence-electron chi connectivity index (χ0n) is 10.6. The molecule has 2 amide bonds. The van der Waals surface area contributed by atoms with Gasteiger partial charge < -0.3 is 15.7 Å². The fourth-order valence-corrected chi connectivity index (χ4v) is 1.67. The number of benzene rings is 1. The van der Waals surface area contributed by atoms with Gasteiger partial charge in [0.2, 0.25) is 5.91 Å². The van der Waals surface area contributed by atoms with Crippen molar-refractivity contribution in [2.24, 2.45) is 11.7 Å². The molecule has 18 heavy (non-hydrogen) atoms. The van der Waals surface area contributed by atoms with Crippen LogP contribution < -0.4 is 5.73 Å². The molecule has 0 heterocycles. The number of nitrogens with zero attached hydrogens (tertiary/aromatic N) is 1.